The molecule has 56 valence electrons. The molecule has 0 aromatic rings. The molecule has 0 aromatic heterocycles. The molecule has 0 bridgehead atoms. The van der Waals surface area contributed by atoms with Gasteiger partial charge in [-0.25, -0.2) is 4.39 Å². The minimum absolute atomic E-state index is 0.246. The number of alkyl halides is 1. The maximum atomic E-state index is 12.9. The molecule has 10 heavy (non-hydrogen) atoms. The summed E-state index contributed by atoms with van der Waals surface area (Å²) in [6.07, 6.45) is 3.35. The molecule has 0 aromatic carbocycles. The van der Waals surface area contributed by atoms with E-state index >= 15 is 0 Å². The zero-order chi connectivity index (χ0) is 7.56. The fourth-order valence-corrected chi connectivity index (χ4v) is 1.64. The molecule has 1 rings (SSSR count). The third kappa shape index (κ3) is 1.61. The number of hydrogen-bond donors (Lipinski definition) is 0. The highest BCUT2D eigenvalue weighted by atomic mass is 79.9. The van der Waals surface area contributed by atoms with Crippen molar-refractivity contribution < 1.29 is 4.39 Å². The molecule has 0 saturated heterocycles. The van der Waals surface area contributed by atoms with Gasteiger partial charge in [0.15, 0.2) is 0 Å². The molecule has 0 atom stereocenters. The van der Waals surface area contributed by atoms with Crippen molar-refractivity contribution in [3.8, 4) is 0 Å². The Balaban J connectivity index is 2.85. The third-order valence-corrected chi connectivity index (χ3v) is 2.45. The van der Waals surface area contributed by atoms with Crippen LogP contribution in [0.1, 0.15) is 12.8 Å². The van der Waals surface area contributed by atoms with Crippen LogP contribution in [0.25, 0.3) is 0 Å². The Bertz CT molecular complexity index is 196. The summed E-state index contributed by atoms with van der Waals surface area (Å²) >= 11 is 8.74. The minimum Gasteiger partial charge on any atom is -0.205 e. The predicted molar refractivity (Wildman–Crippen MR) is 45.1 cm³/mol. The molecule has 0 aliphatic heterocycles. The maximum absolute atomic E-state index is 12.9. The van der Waals surface area contributed by atoms with Crippen molar-refractivity contribution in [2.24, 2.45) is 0 Å². The molecule has 1 aliphatic rings. The SMILES string of the molecule is FC1=C(CBr)CCC=C1Cl. The lowest BCUT2D eigenvalue weighted by Gasteiger charge is -2.09. The van der Waals surface area contributed by atoms with Crippen molar-refractivity contribution in [2.75, 3.05) is 5.33 Å². The predicted octanol–water partition coefficient (Wildman–Crippen LogP) is 3.52. The molecule has 0 radical (unpaired) electrons. The lowest BCUT2D eigenvalue weighted by Crippen LogP contribution is -1.95. The van der Waals surface area contributed by atoms with Crippen LogP contribution in [0, 0.1) is 0 Å². The van der Waals surface area contributed by atoms with E-state index in [9.17, 15) is 4.39 Å². The van der Waals surface area contributed by atoms with Crippen molar-refractivity contribution in [3.05, 3.63) is 22.5 Å². The lowest BCUT2D eigenvalue weighted by molar-refractivity contribution is 0.632. The van der Waals surface area contributed by atoms with E-state index in [1.807, 2.05) is 0 Å². The smallest absolute Gasteiger partial charge is 0.141 e. The molecule has 0 nitrogen and oxygen atoms in total. The normalized spacial score (nSPS) is 19.3. The maximum Gasteiger partial charge on any atom is 0.141 e. The second-order valence-corrected chi connectivity index (χ2v) is 3.11. The van der Waals surface area contributed by atoms with E-state index in [0.29, 0.717) is 5.33 Å². The van der Waals surface area contributed by atoms with Gasteiger partial charge < -0.3 is 0 Å². The summed E-state index contributed by atoms with van der Waals surface area (Å²) in [5.74, 6) is -0.246. The average Bonchev–Trinajstić information content (AvgIpc) is 1.95. The number of allylic oxidation sites excluding steroid dienone is 4. The van der Waals surface area contributed by atoms with E-state index in [1.165, 1.54) is 0 Å². The van der Waals surface area contributed by atoms with E-state index in [-0.39, 0.29) is 10.9 Å². The van der Waals surface area contributed by atoms with Crippen molar-refractivity contribution in [2.45, 2.75) is 12.8 Å². The summed E-state index contributed by atoms with van der Waals surface area (Å²) < 4.78 is 12.9. The van der Waals surface area contributed by atoms with Gasteiger partial charge in [0.05, 0.1) is 5.03 Å². The van der Waals surface area contributed by atoms with Crippen molar-refractivity contribution >= 4 is 27.5 Å². The first kappa shape index (κ1) is 8.28. The van der Waals surface area contributed by atoms with Gasteiger partial charge in [0.25, 0.3) is 0 Å². The van der Waals surface area contributed by atoms with Gasteiger partial charge in [-0.1, -0.05) is 33.6 Å². The first-order chi connectivity index (χ1) is 4.75. The van der Waals surface area contributed by atoms with Crippen LogP contribution in [-0.4, -0.2) is 5.33 Å². The van der Waals surface area contributed by atoms with Crippen molar-refractivity contribution in [1.29, 1.82) is 0 Å². The van der Waals surface area contributed by atoms with Gasteiger partial charge in [-0.3, -0.25) is 0 Å². The molecule has 0 N–H and O–H groups in total. The van der Waals surface area contributed by atoms with Gasteiger partial charge in [0.1, 0.15) is 5.83 Å². The van der Waals surface area contributed by atoms with Crippen LogP contribution in [0.15, 0.2) is 22.5 Å². The van der Waals surface area contributed by atoms with E-state index < -0.39 is 0 Å². The molecule has 1 aliphatic carbocycles. The Labute approximate surface area is 72.9 Å². The second-order valence-electron chi connectivity index (χ2n) is 2.14. The quantitative estimate of drug-likeness (QED) is 0.599. The van der Waals surface area contributed by atoms with Gasteiger partial charge in [0, 0.05) is 5.33 Å². The van der Waals surface area contributed by atoms with Crippen LogP contribution in [-0.2, 0) is 0 Å². The number of rotatable bonds is 1. The summed E-state index contributed by atoms with van der Waals surface area (Å²) in [5.41, 5.74) is 0.771. The number of halogens is 3. The molecule has 0 saturated carbocycles. The van der Waals surface area contributed by atoms with Gasteiger partial charge in [-0.05, 0) is 18.4 Å². The van der Waals surface area contributed by atoms with Crippen molar-refractivity contribution in [3.63, 3.8) is 0 Å². The summed E-state index contributed by atoms with van der Waals surface area (Å²) in [4.78, 5) is 0. The third-order valence-electron chi connectivity index (χ3n) is 1.45. The second kappa shape index (κ2) is 3.54. The molecule has 3 heteroatoms. The molecular formula is C7H7BrClF. The summed E-state index contributed by atoms with van der Waals surface area (Å²) in [7, 11) is 0. The summed E-state index contributed by atoms with van der Waals surface area (Å²) in [5, 5.41) is 0.851. The van der Waals surface area contributed by atoms with E-state index in [1.54, 1.807) is 6.08 Å². The minimum atomic E-state index is -0.246. The molecule has 0 heterocycles. The van der Waals surface area contributed by atoms with E-state index in [0.717, 1.165) is 18.4 Å². The highest BCUT2D eigenvalue weighted by molar-refractivity contribution is 9.09. The van der Waals surface area contributed by atoms with E-state index in [2.05, 4.69) is 15.9 Å². The zero-order valence-corrected chi connectivity index (χ0v) is 7.67. The van der Waals surface area contributed by atoms with Crippen LogP contribution < -0.4 is 0 Å². The monoisotopic (exact) mass is 224 g/mol. The summed E-state index contributed by atoms with van der Waals surface area (Å²) in [6.45, 7) is 0. The van der Waals surface area contributed by atoms with Crippen molar-refractivity contribution in [1.82, 2.24) is 0 Å². The van der Waals surface area contributed by atoms with Gasteiger partial charge in [-0.15, -0.1) is 0 Å². The van der Waals surface area contributed by atoms with Gasteiger partial charge in [0.2, 0.25) is 0 Å². The zero-order valence-electron chi connectivity index (χ0n) is 5.33. The first-order valence-corrected chi connectivity index (χ1v) is 4.55. The Hall–Kier alpha value is 0.180. The summed E-state index contributed by atoms with van der Waals surface area (Å²) in [6, 6.07) is 0. The van der Waals surface area contributed by atoms with Crippen LogP contribution in [0.3, 0.4) is 0 Å². The Morgan fingerprint density at radius 2 is 2.40 bits per heavy atom. The van der Waals surface area contributed by atoms with Gasteiger partial charge >= 0.3 is 0 Å². The molecular weight excluding hydrogens is 218 g/mol. The average molecular weight is 225 g/mol. The molecule has 0 fully saturated rings. The van der Waals surface area contributed by atoms with Crippen LogP contribution in [0.2, 0.25) is 0 Å². The molecule has 0 amide bonds. The fraction of sp³-hybridized carbons (Fsp3) is 0.429. The highest BCUT2D eigenvalue weighted by Crippen LogP contribution is 2.29. The Morgan fingerprint density at radius 1 is 1.70 bits per heavy atom. The van der Waals surface area contributed by atoms with Crippen LogP contribution in [0.5, 0.6) is 0 Å². The fourth-order valence-electron chi connectivity index (χ4n) is 0.867. The van der Waals surface area contributed by atoms with Crippen LogP contribution in [0.4, 0.5) is 4.39 Å². The topological polar surface area (TPSA) is 0 Å². The van der Waals surface area contributed by atoms with Crippen LogP contribution >= 0.6 is 27.5 Å². The lowest BCUT2D eigenvalue weighted by atomic mass is 10.1. The Kier molecular flexibility index (Phi) is 2.93. The standard InChI is InChI=1S/C7H7BrClF/c8-4-5-2-1-3-6(9)7(5)10/h3H,1-2,4H2. The van der Waals surface area contributed by atoms with E-state index in [4.69, 9.17) is 11.6 Å². The first-order valence-electron chi connectivity index (χ1n) is 3.05. The Morgan fingerprint density at radius 3 is 2.90 bits per heavy atom. The largest absolute Gasteiger partial charge is 0.205 e. The molecule has 0 spiro atoms. The highest BCUT2D eigenvalue weighted by Gasteiger charge is 2.12. The molecule has 0 unspecified atom stereocenters. The van der Waals surface area contributed by atoms with Gasteiger partial charge in [-0.2, -0.15) is 0 Å². The number of hydrogen-bond acceptors (Lipinski definition) is 0.